The summed E-state index contributed by atoms with van der Waals surface area (Å²) in [6.45, 7) is 3.73. The van der Waals surface area contributed by atoms with E-state index in [1.165, 1.54) is 0 Å². The molecule has 0 aliphatic carbocycles. The van der Waals surface area contributed by atoms with Gasteiger partial charge in [0.1, 0.15) is 0 Å². The molecule has 4 aromatic carbocycles. The fraction of sp³-hybridized carbons (Fsp3) is 0.114. The second kappa shape index (κ2) is 10.9. The Morgan fingerprint density at radius 3 is 2.10 bits per heavy atom. The number of benzene rings is 4. The molecule has 2 heterocycles. The van der Waals surface area contributed by atoms with Crippen LogP contribution in [-0.2, 0) is 4.74 Å². The summed E-state index contributed by atoms with van der Waals surface area (Å²) in [5.41, 5.74) is 4.68. The van der Waals surface area contributed by atoms with Crippen LogP contribution < -0.4 is 4.90 Å². The average Bonchev–Trinajstić information content (AvgIpc) is 3.28. The number of esters is 1. The number of ketones is 1. The highest BCUT2D eigenvalue weighted by molar-refractivity contribution is 6.34. The number of carbonyl (C=O) groups is 4. The number of anilines is 1. The van der Waals surface area contributed by atoms with Crippen molar-refractivity contribution >= 4 is 40.2 Å². The Kier molecular flexibility index (Phi) is 6.92. The summed E-state index contributed by atoms with van der Waals surface area (Å²) in [6, 6.07) is 29.6. The zero-order valence-corrected chi connectivity index (χ0v) is 23.0. The predicted molar refractivity (Wildman–Crippen MR) is 160 cm³/mol. The zero-order valence-electron chi connectivity index (χ0n) is 23.0. The van der Waals surface area contributed by atoms with Gasteiger partial charge in [0.05, 0.1) is 33.6 Å². The van der Waals surface area contributed by atoms with E-state index < -0.39 is 12.1 Å². The summed E-state index contributed by atoms with van der Waals surface area (Å²) in [5, 5.41) is 0.619. The van der Waals surface area contributed by atoms with Crippen molar-refractivity contribution in [3.8, 4) is 11.3 Å². The molecule has 0 bridgehead atoms. The van der Waals surface area contributed by atoms with Gasteiger partial charge in [0.25, 0.3) is 11.8 Å². The molecular formula is C35H26N2O5. The quantitative estimate of drug-likeness (QED) is 0.124. The van der Waals surface area contributed by atoms with E-state index in [1.54, 1.807) is 85.8 Å². The summed E-state index contributed by atoms with van der Waals surface area (Å²) in [6.07, 6.45) is -0.608. The minimum absolute atomic E-state index is 0.259. The van der Waals surface area contributed by atoms with Gasteiger partial charge in [-0.25, -0.2) is 14.7 Å². The highest BCUT2D eigenvalue weighted by Crippen LogP contribution is 2.32. The van der Waals surface area contributed by atoms with Gasteiger partial charge in [-0.05, 0) is 55.8 Å². The number of fused-ring (bicyclic) bond motifs is 2. The van der Waals surface area contributed by atoms with Crippen LogP contribution in [0.25, 0.3) is 22.2 Å². The molecule has 7 nitrogen and oxygen atoms in total. The molecule has 2 amide bonds. The number of carbonyl (C=O) groups excluding carboxylic acids is 4. The lowest BCUT2D eigenvalue weighted by Crippen LogP contribution is -2.29. The van der Waals surface area contributed by atoms with Crippen LogP contribution in [0, 0.1) is 6.92 Å². The third-order valence-corrected chi connectivity index (χ3v) is 7.37. The lowest BCUT2D eigenvalue weighted by Gasteiger charge is -2.17. The monoisotopic (exact) mass is 554 g/mol. The summed E-state index contributed by atoms with van der Waals surface area (Å²) in [7, 11) is 0. The summed E-state index contributed by atoms with van der Waals surface area (Å²) in [4.78, 5) is 58.4. The number of pyridine rings is 1. The first kappa shape index (κ1) is 26.8. The molecule has 0 radical (unpaired) electrons. The smallest absolute Gasteiger partial charge is 0.339 e. The molecule has 5 aromatic rings. The van der Waals surface area contributed by atoms with Crippen LogP contribution in [0.2, 0.25) is 0 Å². The predicted octanol–water partition coefficient (Wildman–Crippen LogP) is 6.83. The van der Waals surface area contributed by atoms with E-state index in [-0.39, 0.29) is 17.6 Å². The van der Waals surface area contributed by atoms with Gasteiger partial charge in [-0.15, -0.1) is 0 Å². The number of aryl methyl sites for hydroxylation is 1. The number of imide groups is 1. The SMILES string of the molecule is CCC(OC(=O)c1cc(-c2ccc(N3C(=O)c4ccccc4C3=O)cc2)nc2ccc(C)cc12)C(=O)c1ccccc1. The Morgan fingerprint density at radius 2 is 1.45 bits per heavy atom. The van der Waals surface area contributed by atoms with Crippen LogP contribution in [0.15, 0.2) is 103 Å². The van der Waals surface area contributed by atoms with Crippen LogP contribution in [0.1, 0.15) is 60.3 Å². The molecule has 0 N–H and O–H groups in total. The van der Waals surface area contributed by atoms with E-state index in [4.69, 9.17) is 9.72 Å². The summed E-state index contributed by atoms with van der Waals surface area (Å²) >= 11 is 0. The Balaban J connectivity index is 1.33. The largest absolute Gasteiger partial charge is 0.450 e. The van der Waals surface area contributed by atoms with Crippen LogP contribution in [0.4, 0.5) is 5.69 Å². The standard InChI is InChI=1S/C35H26N2O5/c1-3-31(32(38)23-9-5-4-6-10-23)42-35(41)28-20-30(36-29-18-13-21(2)19-27(28)29)22-14-16-24(17-15-22)37-33(39)25-11-7-8-12-26(25)34(37)40/h4-20,31H,3H2,1-2H3. The maximum Gasteiger partial charge on any atom is 0.339 e. The summed E-state index contributed by atoms with van der Waals surface area (Å²) in [5.74, 6) is -1.62. The lowest BCUT2D eigenvalue weighted by atomic mass is 10.0. The van der Waals surface area contributed by atoms with E-state index in [1.807, 2.05) is 31.2 Å². The van der Waals surface area contributed by atoms with Crippen molar-refractivity contribution in [2.24, 2.45) is 0 Å². The fourth-order valence-electron chi connectivity index (χ4n) is 5.16. The Hall–Kier alpha value is -5.43. The first-order valence-corrected chi connectivity index (χ1v) is 13.7. The number of nitrogens with zero attached hydrogens (tertiary/aromatic N) is 2. The molecule has 0 spiro atoms. The summed E-state index contributed by atoms with van der Waals surface area (Å²) < 4.78 is 5.78. The van der Waals surface area contributed by atoms with Gasteiger partial charge < -0.3 is 4.74 Å². The molecule has 1 aliphatic heterocycles. The minimum atomic E-state index is -0.935. The molecule has 7 heteroatoms. The Labute approximate surface area is 242 Å². The van der Waals surface area contributed by atoms with Crippen LogP contribution in [0.3, 0.4) is 0 Å². The molecule has 0 fully saturated rings. The molecule has 1 aromatic heterocycles. The van der Waals surface area contributed by atoms with Crippen molar-refractivity contribution in [2.45, 2.75) is 26.4 Å². The molecule has 0 saturated carbocycles. The van der Waals surface area contributed by atoms with Crippen molar-refractivity contribution in [1.29, 1.82) is 0 Å². The van der Waals surface area contributed by atoms with E-state index in [9.17, 15) is 19.2 Å². The maximum absolute atomic E-state index is 13.6. The van der Waals surface area contributed by atoms with E-state index in [2.05, 4.69) is 0 Å². The Morgan fingerprint density at radius 1 is 0.810 bits per heavy atom. The van der Waals surface area contributed by atoms with E-state index >= 15 is 0 Å². The fourth-order valence-corrected chi connectivity index (χ4v) is 5.16. The molecule has 1 aliphatic rings. The molecule has 42 heavy (non-hydrogen) atoms. The van der Waals surface area contributed by atoms with E-state index in [0.717, 1.165) is 10.5 Å². The van der Waals surface area contributed by atoms with Crippen molar-refractivity contribution < 1.29 is 23.9 Å². The number of rotatable bonds is 7. The average molecular weight is 555 g/mol. The van der Waals surface area contributed by atoms with Crippen LogP contribution in [0.5, 0.6) is 0 Å². The third-order valence-electron chi connectivity index (χ3n) is 7.37. The van der Waals surface area contributed by atoms with Gasteiger partial charge in [0.2, 0.25) is 5.78 Å². The number of Topliss-reactive ketones (excluding diaryl/α,β-unsaturated/α-hetero) is 1. The number of aromatic nitrogens is 1. The minimum Gasteiger partial charge on any atom is -0.450 e. The third kappa shape index (κ3) is 4.75. The number of amides is 2. The van der Waals surface area contributed by atoms with Crippen molar-refractivity contribution in [3.63, 3.8) is 0 Å². The molecule has 0 saturated heterocycles. The van der Waals surface area contributed by atoms with Crippen molar-refractivity contribution in [2.75, 3.05) is 4.90 Å². The molecule has 1 unspecified atom stereocenters. The normalized spacial score (nSPS) is 13.2. The van der Waals surface area contributed by atoms with Crippen LogP contribution >= 0.6 is 0 Å². The van der Waals surface area contributed by atoms with Gasteiger partial charge in [-0.1, -0.05) is 73.2 Å². The number of ether oxygens (including phenoxy) is 1. The van der Waals surface area contributed by atoms with Gasteiger partial charge in [-0.3, -0.25) is 14.4 Å². The maximum atomic E-state index is 13.6. The Bertz CT molecular complexity index is 1840. The highest BCUT2D eigenvalue weighted by atomic mass is 16.5. The highest BCUT2D eigenvalue weighted by Gasteiger charge is 2.36. The van der Waals surface area contributed by atoms with Gasteiger partial charge >= 0.3 is 5.97 Å². The topological polar surface area (TPSA) is 93.6 Å². The molecular weight excluding hydrogens is 528 g/mol. The first-order valence-electron chi connectivity index (χ1n) is 13.7. The van der Waals surface area contributed by atoms with Gasteiger partial charge in [-0.2, -0.15) is 0 Å². The van der Waals surface area contributed by atoms with Crippen molar-refractivity contribution in [3.05, 3.63) is 131 Å². The molecule has 6 rings (SSSR count). The molecule has 1 atom stereocenters. The van der Waals surface area contributed by atoms with E-state index in [0.29, 0.717) is 56.5 Å². The van der Waals surface area contributed by atoms with Gasteiger partial charge in [0, 0.05) is 16.5 Å². The lowest BCUT2D eigenvalue weighted by molar-refractivity contribution is 0.0279. The second-order valence-electron chi connectivity index (χ2n) is 10.1. The van der Waals surface area contributed by atoms with Crippen LogP contribution in [-0.4, -0.2) is 34.7 Å². The molecule has 206 valence electrons. The van der Waals surface area contributed by atoms with Gasteiger partial charge in [0.15, 0.2) is 6.10 Å². The second-order valence-corrected chi connectivity index (χ2v) is 10.1. The van der Waals surface area contributed by atoms with Crippen molar-refractivity contribution in [1.82, 2.24) is 4.98 Å². The first-order chi connectivity index (χ1) is 20.4. The number of hydrogen-bond donors (Lipinski definition) is 0. The zero-order chi connectivity index (χ0) is 29.4. The number of hydrogen-bond acceptors (Lipinski definition) is 6.